The third-order valence-corrected chi connectivity index (χ3v) is 4.45. The van der Waals surface area contributed by atoms with Crippen LogP contribution in [0.15, 0.2) is 36.2 Å². The number of aromatic nitrogens is 1. The molecule has 21 heavy (non-hydrogen) atoms. The Bertz CT molecular complexity index is 643. The summed E-state index contributed by atoms with van der Waals surface area (Å²) in [5, 5.41) is 9.22. The molecule has 4 nitrogen and oxygen atoms in total. The quantitative estimate of drug-likeness (QED) is 0.794. The Hall–Kier alpha value is -1.99. The molecule has 2 aliphatic rings. The van der Waals surface area contributed by atoms with Crippen LogP contribution < -0.4 is 0 Å². The summed E-state index contributed by atoms with van der Waals surface area (Å²) in [4.78, 5) is 16.4. The molecular formula is C17H18N2O2. The van der Waals surface area contributed by atoms with Gasteiger partial charge in [0.05, 0.1) is 17.8 Å². The second kappa shape index (κ2) is 4.78. The number of Topliss-reactive ketones (excluding diaryl/α,β-unsaturated/α-hetero) is 1. The lowest BCUT2D eigenvalue weighted by Gasteiger charge is -2.38. The number of hydrogen-bond donors (Lipinski definition) is 0. The number of carbonyl (C=O) groups is 1. The maximum absolute atomic E-state index is 12.2. The topological polar surface area (TPSA) is 63.0 Å². The minimum Gasteiger partial charge on any atom is -0.370 e. The van der Waals surface area contributed by atoms with Crippen LogP contribution in [0.4, 0.5) is 0 Å². The van der Waals surface area contributed by atoms with Crippen LogP contribution in [-0.2, 0) is 9.53 Å². The molecule has 0 saturated carbocycles. The van der Waals surface area contributed by atoms with Gasteiger partial charge in [-0.1, -0.05) is 19.9 Å². The first-order chi connectivity index (χ1) is 9.96. The van der Waals surface area contributed by atoms with Gasteiger partial charge < -0.3 is 4.74 Å². The van der Waals surface area contributed by atoms with Gasteiger partial charge in [-0.05, 0) is 30.5 Å². The van der Waals surface area contributed by atoms with Gasteiger partial charge in [0, 0.05) is 23.7 Å². The zero-order valence-electron chi connectivity index (χ0n) is 12.3. The molecule has 1 aromatic heterocycles. The molecule has 0 radical (unpaired) electrons. The van der Waals surface area contributed by atoms with E-state index >= 15 is 0 Å². The van der Waals surface area contributed by atoms with Gasteiger partial charge in [0.2, 0.25) is 0 Å². The highest BCUT2D eigenvalue weighted by Gasteiger charge is 2.49. The second-order valence-corrected chi connectivity index (χ2v) is 6.62. The van der Waals surface area contributed by atoms with Crippen LogP contribution in [0.5, 0.6) is 0 Å². The largest absolute Gasteiger partial charge is 0.370 e. The summed E-state index contributed by atoms with van der Waals surface area (Å²) in [5.41, 5.74) is 0.334. The van der Waals surface area contributed by atoms with Crippen molar-refractivity contribution in [2.24, 2.45) is 5.41 Å². The summed E-state index contributed by atoms with van der Waals surface area (Å²) in [6.07, 6.45) is 6.78. The molecule has 0 N–H and O–H groups in total. The van der Waals surface area contributed by atoms with E-state index in [0.29, 0.717) is 13.0 Å². The molecule has 1 saturated heterocycles. The molecule has 2 unspecified atom stereocenters. The first-order valence-electron chi connectivity index (χ1n) is 7.17. The Labute approximate surface area is 124 Å². The first-order valence-corrected chi connectivity index (χ1v) is 7.17. The lowest BCUT2D eigenvalue weighted by Crippen LogP contribution is -2.42. The molecule has 1 fully saturated rings. The first kappa shape index (κ1) is 14.0. The Morgan fingerprint density at radius 2 is 2.29 bits per heavy atom. The maximum atomic E-state index is 12.2. The van der Waals surface area contributed by atoms with Crippen molar-refractivity contribution in [3.63, 3.8) is 0 Å². The molecule has 108 valence electrons. The molecule has 0 aromatic carbocycles. The minimum atomic E-state index is -0.552. The number of rotatable bonds is 1. The molecule has 1 aliphatic heterocycles. The second-order valence-electron chi connectivity index (χ2n) is 6.62. The van der Waals surface area contributed by atoms with Crippen molar-refractivity contribution in [3.8, 4) is 6.07 Å². The number of ketones is 1. The number of hydrogen-bond acceptors (Lipinski definition) is 4. The summed E-state index contributed by atoms with van der Waals surface area (Å²) in [6.45, 7) is 4.38. The van der Waals surface area contributed by atoms with E-state index in [1.807, 2.05) is 38.2 Å². The molecule has 0 amide bonds. The highest BCUT2D eigenvalue weighted by molar-refractivity contribution is 6.03. The number of pyridine rings is 1. The molecular weight excluding hydrogens is 264 g/mol. The van der Waals surface area contributed by atoms with Gasteiger partial charge in [-0.3, -0.25) is 9.78 Å². The van der Waals surface area contributed by atoms with Crippen molar-refractivity contribution in [2.45, 2.75) is 38.2 Å². The highest BCUT2D eigenvalue weighted by Crippen LogP contribution is 2.48. The summed E-state index contributed by atoms with van der Waals surface area (Å²) >= 11 is 0. The Morgan fingerprint density at radius 1 is 1.48 bits per heavy atom. The third kappa shape index (κ3) is 2.38. The van der Waals surface area contributed by atoms with Crippen molar-refractivity contribution in [2.75, 3.05) is 6.61 Å². The fourth-order valence-electron chi connectivity index (χ4n) is 3.51. The van der Waals surface area contributed by atoms with Crippen LogP contribution in [0.3, 0.4) is 0 Å². The van der Waals surface area contributed by atoms with Crippen LogP contribution >= 0.6 is 0 Å². The van der Waals surface area contributed by atoms with Gasteiger partial charge in [-0.25, -0.2) is 0 Å². The molecule has 1 aliphatic carbocycles. The van der Waals surface area contributed by atoms with E-state index in [0.717, 1.165) is 12.0 Å². The van der Waals surface area contributed by atoms with E-state index in [4.69, 9.17) is 4.74 Å². The number of nitrogens with zero attached hydrogens (tertiary/aromatic N) is 2. The molecule has 2 atom stereocenters. The van der Waals surface area contributed by atoms with Crippen LogP contribution in [0.1, 0.15) is 38.2 Å². The summed E-state index contributed by atoms with van der Waals surface area (Å²) < 4.78 is 6.06. The van der Waals surface area contributed by atoms with E-state index in [1.165, 1.54) is 0 Å². The van der Waals surface area contributed by atoms with E-state index in [9.17, 15) is 10.1 Å². The normalized spacial score (nSPS) is 31.0. The molecule has 1 aromatic rings. The van der Waals surface area contributed by atoms with Crippen LogP contribution in [0.25, 0.3) is 0 Å². The van der Waals surface area contributed by atoms with Crippen molar-refractivity contribution in [1.29, 1.82) is 5.26 Å². The fraction of sp³-hybridized carbons (Fsp3) is 0.471. The van der Waals surface area contributed by atoms with Gasteiger partial charge >= 0.3 is 0 Å². The van der Waals surface area contributed by atoms with Crippen LogP contribution in [0.2, 0.25) is 0 Å². The number of ether oxygens (including phenoxy) is 1. The summed E-state index contributed by atoms with van der Waals surface area (Å²) in [6, 6.07) is 6.01. The van der Waals surface area contributed by atoms with E-state index in [-0.39, 0.29) is 17.3 Å². The zero-order chi connectivity index (χ0) is 15.1. The summed E-state index contributed by atoms with van der Waals surface area (Å²) in [5.74, 6) is 0.183. The van der Waals surface area contributed by atoms with Crippen molar-refractivity contribution < 1.29 is 9.53 Å². The standard InChI is InChI=1S/C17H18N2O2/c1-16(2)11-17(6-13(8-18)15(16)20)7-14(10-21-17)12-4-3-5-19-9-12/h3-6,9,14H,7,10-11H2,1-2H3. The SMILES string of the molecule is CC1(C)CC2(C=C(C#N)C1=O)CC(c1cccnc1)CO2. The van der Waals surface area contributed by atoms with Crippen molar-refractivity contribution in [3.05, 3.63) is 41.7 Å². The molecule has 4 heteroatoms. The van der Waals surface area contributed by atoms with Crippen LogP contribution in [0, 0.1) is 16.7 Å². The Balaban J connectivity index is 1.92. The number of allylic oxidation sites excluding steroid dienone is 1. The zero-order valence-corrected chi connectivity index (χ0v) is 12.3. The van der Waals surface area contributed by atoms with Gasteiger partial charge in [0.1, 0.15) is 6.07 Å². The lowest BCUT2D eigenvalue weighted by atomic mass is 9.68. The molecule has 2 heterocycles. The van der Waals surface area contributed by atoms with E-state index < -0.39 is 11.0 Å². The molecule has 3 rings (SSSR count). The highest BCUT2D eigenvalue weighted by atomic mass is 16.5. The van der Waals surface area contributed by atoms with Gasteiger partial charge in [-0.2, -0.15) is 5.26 Å². The Kier molecular flexibility index (Phi) is 3.18. The number of carbonyl (C=O) groups excluding carboxylic acids is 1. The Morgan fingerprint density at radius 3 is 2.95 bits per heavy atom. The predicted molar refractivity (Wildman–Crippen MR) is 77.4 cm³/mol. The third-order valence-electron chi connectivity index (χ3n) is 4.45. The summed E-state index contributed by atoms with van der Waals surface area (Å²) in [7, 11) is 0. The number of nitriles is 1. The van der Waals surface area contributed by atoms with Crippen molar-refractivity contribution >= 4 is 5.78 Å². The molecule has 0 bridgehead atoms. The average Bonchev–Trinajstić information content (AvgIpc) is 2.87. The molecule has 1 spiro atoms. The maximum Gasteiger partial charge on any atom is 0.178 e. The average molecular weight is 282 g/mol. The lowest BCUT2D eigenvalue weighted by molar-refractivity contribution is -0.127. The minimum absolute atomic E-state index is 0.0796. The fourth-order valence-corrected chi connectivity index (χ4v) is 3.51. The van der Waals surface area contributed by atoms with Crippen molar-refractivity contribution in [1.82, 2.24) is 4.98 Å². The van der Waals surface area contributed by atoms with Crippen LogP contribution in [-0.4, -0.2) is 23.0 Å². The van der Waals surface area contributed by atoms with E-state index in [1.54, 1.807) is 12.3 Å². The van der Waals surface area contributed by atoms with Gasteiger partial charge in [-0.15, -0.1) is 0 Å². The smallest absolute Gasteiger partial charge is 0.178 e. The van der Waals surface area contributed by atoms with Gasteiger partial charge in [0.15, 0.2) is 5.78 Å². The predicted octanol–water partition coefficient (Wildman–Crippen LogP) is 2.77. The monoisotopic (exact) mass is 282 g/mol. The van der Waals surface area contributed by atoms with E-state index in [2.05, 4.69) is 4.98 Å². The van der Waals surface area contributed by atoms with Gasteiger partial charge in [0.25, 0.3) is 0 Å².